The molecular formula is C17H11BrN2O. The van der Waals surface area contributed by atoms with Gasteiger partial charge in [0.1, 0.15) is 5.75 Å². The summed E-state index contributed by atoms with van der Waals surface area (Å²) in [5.41, 5.74) is 6.91. The highest BCUT2D eigenvalue weighted by Gasteiger charge is 2.09. The zero-order valence-corrected chi connectivity index (χ0v) is 12.6. The molecule has 3 aromatic carbocycles. The Labute approximate surface area is 130 Å². The molecule has 0 bridgehead atoms. The lowest BCUT2D eigenvalue weighted by Crippen LogP contribution is -1.93. The van der Waals surface area contributed by atoms with Crippen molar-refractivity contribution in [3.63, 3.8) is 0 Å². The number of nitrogen functional groups attached to an aromatic ring is 1. The monoisotopic (exact) mass is 338 g/mol. The summed E-state index contributed by atoms with van der Waals surface area (Å²) in [5, 5.41) is 11.1. The highest BCUT2D eigenvalue weighted by Crippen LogP contribution is 2.37. The van der Waals surface area contributed by atoms with Crippen molar-refractivity contribution in [1.82, 2.24) is 0 Å². The average molecular weight is 339 g/mol. The van der Waals surface area contributed by atoms with E-state index in [1.165, 1.54) is 0 Å². The van der Waals surface area contributed by atoms with Crippen LogP contribution in [0.15, 0.2) is 59.1 Å². The van der Waals surface area contributed by atoms with Gasteiger partial charge in [0.05, 0.1) is 21.8 Å². The summed E-state index contributed by atoms with van der Waals surface area (Å²) in [6, 6.07) is 18.9. The zero-order valence-electron chi connectivity index (χ0n) is 11.0. The minimum absolute atomic E-state index is 0.477. The van der Waals surface area contributed by atoms with Crippen LogP contribution >= 0.6 is 15.9 Å². The molecule has 0 spiro atoms. The van der Waals surface area contributed by atoms with Gasteiger partial charge in [-0.2, -0.15) is 5.26 Å². The third kappa shape index (κ3) is 2.56. The molecule has 0 saturated heterocycles. The Bertz CT molecular complexity index is 868. The Kier molecular flexibility index (Phi) is 3.51. The minimum Gasteiger partial charge on any atom is -0.454 e. The molecule has 0 radical (unpaired) electrons. The topological polar surface area (TPSA) is 59.0 Å². The van der Waals surface area contributed by atoms with Crippen molar-refractivity contribution in [2.75, 3.05) is 5.73 Å². The van der Waals surface area contributed by atoms with Gasteiger partial charge in [-0.1, -0.05) is 30.3 Å². The Balaban J connectivity index is 2.06. The summed E-state index contributed by atoms with van der Waals surface area (Å²) in [7, 11) is 0. The molecule has 0 atom stereocenters. The highest BCUT2D eigenvalue weighted by atomic mass is 79.9. The van der Waals surface area contributed by atoms with E-state index in [2.05, 4.69) is 22.0 Å². The summed E-state index contributed by atoms with van der Waals surface area (Å²) in [5.74, 6) is 1.14. The molecule has 0 aliphatic heterocycles. The fraction of sp³-hybridized carbons (Fsp3) is 0. The lowest BCUT2D eigenvalue weighted by atomic mass is 10.1. The van der Waals surface area contributed by atoms with Crippen LogP contribution in [0.3, 0.4) is 0 Å². The molecule has 21 heavy (non-hydrogen) atoms. The molecule has 3 rings (SSSR count). The maximum absolute atomic E-state index is 8.96. The number of nitrogens with two attached hydrogens (primary N) is 1. The maximum atomic E-state index is 8.96. The van der Waals surface area contributed by atoms with Crippen molar-refractivity contribution >= 4 is 32.4 Å². The predicted molar refractivity (Wildman–Crippen MR) is 87.3 cm³/mol. The fourth-order valence-electron chi connectivity index (χ4n) is 2.10. The number of nitrogens with zero attached hydrogens (tertiary/aromatic N) is 1. The van der Waals surface area contributed by atoms with Crippen molar-refractivity contribution < 1.29 is 4.74 Å². The van der Waals surface area contributed by atoms with Crippen LogP contribution < -0.4 is 10.5 Å². The number of hydrogen-bond acceptors (Lipinski definition) is 3. The third-order valence-corrected chi connectivity index (χ3v) is 4.01. The van der Waals surface area contributed by atoms with Crippen LogP contribution in [-0.2, 0) is 0 Å². The molecule has 0 aliphatic rings. The van der Waals surface area contributed by atoms with E-state index in [4.69, 9.17) is 15.7 Å². The summed E-state index contributed by atoms with van der Waals surface area (Å²) in [4.78, 5) is 0. The number of rotatable bonds is 2. The number of fused-ring (bicyclic) bond motifs is 1. The van der Waals surface area contributed by atoms with E-state index in [9.17, 15) is 0 Å². The second kappa shape index (κ2) is 5.47. The van der Waals surface area contributed by atoms with Gasteiger partial charge in [-0.05, 0) is 44.9 Å². The third-order valence-electron chi connectivity index (χ3n) is 3.19. The van der Waals surface area contributed by atoms with Gasteiger partial charge in [0.25, 0.3) is 0 Å². The molecule has 3 nitrogen and oxygen atoms in total. The van der Waals surface area contributed by atoms with E-state index in [-0.39, 0.29) is 0 Å². The van der Waals surface area contributed by atoms with Crippen molar-refractivity contribution in [2.45, 2.75) is 0 Å². The van der Waals surface area contributed by atoms with E-state index in [0.717, 1.165) is 15.2 Å². The van der Waals surface area contributed by atoms with Crippen molar-refractivity contribution in [3.8, 4) is 17.6 Å². The number of anilines is 1. The van der Waals surface area contributed by atoms with Crippen LogP contribution in [0.25, 0.3) is 10.8 Å². The van der Waals surface area contributed by atoms with Crippen LogP contribution in [0.4, 0.5) is 5.69 Å². The largest absolute Gasteiger partial charge is 0.454 e. The zero-order chi connectivity index (χ0) is 14.8. The van der Waals surface area contributed by atoms with Crippen molar-refractivity contribution in [2.24, 2.45) is 0 Å². The van der Waals surface area contributed by atoms with E-state index < -0.39 is 0 Å². The Morgan fingerprint density at radius 1 is 1.00 bits per heavy atom. The molecule has 0 aliphatic carbocycles. The molecule has 0 unspecified atom stereocenters. The van der Waals surface area contributed by atoms with E-state index in [1.54, 1.807) is 18.2 Å². The van der Waals surface area contributed by atoms with Crippen LogP contribution in [0.1, 0.15) is 5.56 Å². The molecule has 0 aromatic heterocycles. The van der Waals surface area contributed by atoms with Crippen LogP contribution in [0.2, 0.25) is 0 Å². The first-order valence-corrected chi connectivity index (χ1v) is 7.13. The number of ether oxygens (including phenoxy) is 1. The second-order valence-corrected chi connectivity index (χ2v) is 5.36. The molecule has 2 N–H and O–H groups in total. The Morgan fingerprint density at radius 3 is 2.62 bits per heavy atom. The van der Waals surface area contributed by atoms with Gasteiger partial charge in [0.15, 0.2) is 5.75 Å². The SMILES string of the molecule is N#Cc1ccc(N)c(Oc2ccc3ccccc3c2Br)c1. The van der Waals surface area contributed by atoms with Crippen molar-refractivity contribution in [1.29, 1.82) is 5.26 Å². The van der Waals surface area contributed by atoms with Gasteiger partial charge in [-0.15, -0.1) is 0 Å². The van der Waals surface area contributed by atoms with E-state index >= 15 is 0 Å². The Morgan fingerprint density at radius 2 is 1.81 bits per heavy atom. The molecule has 0 fully saturated rings. The molecule has 0 saturated carbocycles. The predicted octanol–water partition coefficient (Wildman–Crippen LogP) is 4.85. The van der Waals surface area contributed by atoms with Crippen LogP contribution in [0, 0.1) is 11.3 Å². The number of benzene rings is 3. The first-order valence-electron chi connectivity index (χ1n) is 6.34. The fourth-order valence-corrected chi connectivity index (χ4v) is 2.68. The Hall–Kier alpha value is -2.51. The number of nitriles is 1. The number of hydrogen-bond donors (Lipinski definition) is 1. The number of halogens is 1. The quantitative estimate of drug-likeness (QED) is 0.679. The van der Waals surface area contributed by atoms with Crippen molar-refractivity contribution in [3.05, 3.63) is 64.6 Å². The average Bonchev–Trinajstić information content (AvgIpc) is 2.52. The van der Waals surface area contributed by atoms with E-state index in [0.29, 0.717) is 22.7 Å². The lowest BCUT2D eigenvalue weighted by Gasteiger charge is -2.12. The van der Waals surface area contributed by atoms with Crippen LogP contribution in [-0.4, -0.2) is 0 Å². The maximum Gasteiger partial charge on any atom is 0.151 e. The lowest BCUT2D eigenvalue weighted by molar-refractivity contribution is 0.483. The summed E-state index contributed by atoms with van der Waals surface area (Å²) >= 11 is 3.57. The molecule has 0 heterocycles. The standard InChI is InChI=1S/C17H11BrN2O/c18-17-13-4-2-1-3-12(13)6-8-15(17)21-16-9-11(10-19)5-7-14(16)20/h1-9H,20H2. The van der Waals surface area contributed by atoms with Gasteiger partial charge < -0.3 is 10.5 Å². The highest BCUT2D eigenvalue weighted by molar-refractivity contribution is 9.10. The molecular weight excluding hydrogens is 328 g/mol. The van der Waals surface area contributed by atoms with Gasteiger partial charge in [-0.3, -0.25) is 0 Å². The van der Waals surface area contributed by atoms with Gasteiger partial charge >= 0.3 is 0 Å². The molecule has 0 amide bonds. The minimum atomic E-state index is 0.477. The summed E-state index contributed by atoms with van der Waals surface area (Å²) < 4.78 is 6.73. The first kappa shape index (κ1) is 13.5. The van der Waals surface area contributed by atoms with Gasteiger partial charge in [-0.25, -0.2) is 0 Å². The molecule has 3 aromatic rings. The second-order valence-electron chi connectivity index (χ2n) is 4.57. The van der Waals surface area contributed by atoms with Crippen LogP contribution in [0.5, 0.6) is 11.5 Å². The first-order chi connectivity index (χ1) is 10.2. The smallest absolute Gasteiger partial charge is 0.151 e. The molecule has 102 valence electrons. The normalized spacial score (nSPS) is 10.3. The summed E-state index contributed by atoms with van der Waals surface area (Å²) in [6.07, 6.45) is 0. The molecule has 4 heteroatoms. The van der Waals surface area contributed by atoms with Gasteiger partial charge in [0, 0.05) is 6.07 Å². The van der Waals surface area contributed by atoms with Gasteiger partial charge in [0.2, 0.25) is 0 Å². The van der Waals surface area contributed by atoms with E-state index in [1.807, 2.05) is 36.4 Å². The summed E-state index contributed by atoms with van der Waals surface area (Å²) in [6.45, 7) is 0.